The van der Waals surface area contributed by atoms with Gasteiger partial charge in [-0.2, -0.15) is 0 Å². The first kappa shape index (κ1) is 10.5. The number of hydrogen-bond donors (Lipinski definition) is 1. The molecule has 0 amide bonds. The van der Waals surface area contributed by atoms with E-state index in [9.17, 15) is 0 Å². The summed E-state index contributed by atoms with van der Waals surface area (Å²) >= 11 is 0. The van der Waals surface area contributed by atoms with Gasteiger partial charge in [-0.05, 0) is 24.6 Å². The number of nitrogens with zero attached hydrogens (tertiary/aromatic N) is 1. The molecule has 0 saturated heterocycles. The van der Waals surface area contributed by atoms with E-state index in [2.05, 4.69) is 4.98 Å². The van der Waals surface area contributed by atoms with Gasteiger partial charge in [-0.3, -0.25) is 0 Å². The predicted molar refractivity (Wildman–Crippen MR) is 65.4 cm³/mol. The quantitative estimate of drug-likeness (QED) is 0.836. The van der Waals surface area contributed by atoms with Crippen molar-refractivity contribution in [2.45, 2.75) is 6.92 Å². The van der Waals surface area contributed by atoms with Crippen molar-refractivity contribution >= 4 is 5.82 Å². The lowest BCUT2D eigenvalue weighted by atomic mass is 10.1. The molecule has 3 heteroatoms. The van der Waals surface area contributed by atoms with E-state index in [0.717, 1.165) is 22.4 Å². The normalized spacial score (nSPS) is 10.1. The lowest BCUT2D eigenvalue weighted by Crippen LogP contribution is -1.95. The highest BCUT2D eigenvalue weighted by molar-refractivity contribution is 5.71. The Balaban J connectivity index is 2.54. The molecule has 0 bridgehead atoms. The Labute approximate surface area is 94.9 Å². The number of hydrogen-bond acceptors (Lipinski definition) is 3. The van der Waals surface area contributed by atoms with E-state index < -0.39 is 0 Å². The largest absolute Gasteiger partial charge is 0.496 e. The SMILES string of the molecule is COc1ccccc1-c1cnc(N)c(C)c1. The molecule has 0 aliphatic rings. The highest BCUT2D eigenvalue weighted by Gasteiger charge is 2.06. The molecule has 2 rings (SSSR count). The van der Waals surface area contributed by atoms with E-state index >= 15 is 0 Å². The Kier molecular flexibility index (Phi) is 2.77. The second-order valence-electron chi connectivity index (χ2n) is 3.63. The molecular formula is C13H14N2O. The average molecular weight is 214 g/mol. The summed E-state index contributed by atoms with van der Waals surface area (Å²) in [7, 11) is 1.66. The Morgan fingerprint density at radius 1 is 1.25 bits per heavy atom. The third-order valence-corrected chi connectivity index (χ3v) is 2.54. The molecule has 2 aromatic rings. The molecule has 0 fully saturated rings. The smallest absolute Gasteiger partial charge is 0.126 e. The van der Waals surface area contributed by atoms with Gasteiger partial charge in [0.05, 0.1) is 7.11 Å². The molecule has 1 aromatic carbocycles. The number of aryl methyl sites for hydroxylation is 1. The molecule has 0 atom stereocenters. The molecule has 2 N–H and O–H groups in total. The minimum absolute atomic E-state index is 0.568. The summed E-state index contributed by atoms with van der Waals surface area (Å²) < 4.78 is 5.31. The lowest BCUT2D eigenvalue weighted by molar-refractivity contribution is 0.416. The molecule has 1 aromatic heterocycles. The maximum Gasteiger partial charge on any atom is 0.126 e. The van der Waals surface area contributed by atoms with Crippen LogP contribution in [0, 0.1) is 6.92 Å². The fourth-order valence-electron chi connectivity index (χ4n) is 1.62. The minimum atomic E-state index is 0.568. The van der Waals surface area contributed by atoms with Gasteiger partial charge in [0.2, 0.25) is 0 Å². The number of nitrogen functional groups attached to an aromatic ring is 1. The topological polar surface area (TPSA) is 48.1 Å². The first-order chi connectivity index (χ1) is 7.72. The highest BCUT2D eigenvalue weighted by atomic mass is 16.5. The number of pyridine rings is 1. The predicted octanol–water partition coefficient (Wildman–Crippen LogP) is 2.65. The summed E-state index contributed by atoms with van der Waals surface area (Å²) in [6.45, 7) is 1.95. The van der Waals surface area contributed by atoms with Crippen molar-refractivity contribution in [1.82, 2.24) is 4.98 Å². The second kappa shape index (κ2) is 4.23. The van der Waals surface area contributed by atoms with Gasteiger partial charge in [-0.1, -0.05) is 18.2 Å². The van der Waals surface area contributed by atoms with Crippen molar-refractivity contribution in [2.24, 2.45) is 0 Å². The summed E-state index contributed by atoms with van der Waals surface area (Å²) in [5.41, 5.74) is 8.72. The van der Waals surface area contributed by atoms with Crippen LogP contribution in [0.25, 0.3) is 11.1 Å². The number of nitrogens with two attached hydrogens (primary N) is 1. The number of ether oxygens (including phenoxy) is 1. The number of aromatic nitrogens is 1. The summed E-state index contributed by atoms with van der Waals surface area (Å²) in [5.74, 6) is 1.41. The van der Waals surface area contributed by atoms with Crippen molar-refractivity contribution in [3.63, 3.8) is 0 Å². The zero-order chi connectivity index (χ0) is 11.5. The summed E-state index contributed by atoms with van der Waals surface area (Å²) in [5, 5.41) is 0. The number of benzene rings is 1. The van der Waals surface area contributed by atoms with Crippen LogP contribution < -0.4 is 10.5 Å². The maximum atomic E-state index is 5.69. The molecule has 0 saturated carbocycles. The van der Waals surface area contributed by atoms with Crippen molar-refractivity contribution in [2.75, 3.05) is 12.8 Å². The number of anilines is 1. The molecule has 0 aliphatic carbocycles. The monoisotopic (exact) mass is 214 g/mol. The standard InChI is InChI=1S/C13H14N2O/c1-9-7-10(8-15-13(9)14)11-5-3-4-6-12(11)16-2/h3-8H,1-2H3,(H2,14,15). The van der Waals surface area contributed by atoms with Gasteiger partial charge in [0.25, 0.3) is 0 Å². The maximum absolute atomic E-state index is 5.69. The highest BCUT2D eigenvalue weighted by Crippen LogP contribution is 2.30. The van der Waals surface area contributed by atoms with Crippen LogP contribution in [0.1, 0.15) is 5.56 Å². The Bertz CT molecular complexity index is 509. The fourth-order valence-corrected chi connectivity index (χ4v) is 1.62. The van der Waals surface area contributed by atoms with Crippen LogP contribution in [0.5, 0.6) is 5.75 Å². The van der Waals surface area contributed by atoms with Crippen LogP contribution in [-0.2, 0) is 0 Å². The first-order valence-electron chi connectivity index (χ1n) is 5.08. The van der Waals surface area contributed by atoms with Gasteiger partial charge in [-0.15, -0.1) is 0 Å². The fraction of sp³-hybridized carbons (Fsp3) is 0.154. The number of para-hydroxylation sites is 1. The molecule has 16 heavy (non-hydrogen) atoms. The van der Waals surface area contributed by atoms with E-state index in [4.69, 9.17) is 10.5 Å². The first-order valence-corrected chi connectivity index (χ1v) is 5.08. The van der Waals surface area contributed by atoms with Crippen LogP contribution in [0.2, 0.25) is 0 Å². The summed E-state index contributed by atoms with van der Waals surface area (Å²) in [6.07, 6.45) is 1.76. The molecule has 0 aliphatic heterocycles. The van der Waals surface area contributed by atoms with Crippen molar-refractivity contribution in [3.05, 3.63) is 42.1 Å². The number of rotatable bonds is 2. The summed E-state index contributed by atoms with van der Waals surface area (Å²) in [6, 6.07) is 9.87. The molecule has 0 radical (unpaired) electrons. The average Bonchev–Trinajstić information content (AvgIpc) is 2.32. The van der Waals surface area contributed by atoms with Crippen molar-refractivity contribution < 1.29 is 4.74 Å². The molecule has 82 valence electrons. The minimum Gasteiger partial charge on any atom is -0.496 e. The third kappa shape index (κ3) is 1.84. The zero-order valence-corrected chi connectivity index (χ0v) is 9.40. The van der Waals surface area contributed by atoms with E-state index in [0.29, 0.717) is 5.82 Å². The molecular weight excluding hydrogens is 200 g/mol. The van der Waals surface area contributed by atoms with Crippen molar-refractivity contribution in [1.29, 1.82) is 0 Å². The Morgan fingerprint density at radius 3 is 2.69 bits per heavy atom. The van der Waals surface area contributed by atoms with Crippen LogP contribution >= 0.6 is 0 Å². The van der Waals surface area contributed by atoms with E-state index in [1.54, 1.807) is 13.3 Å². The molecule has 1 heterocycles. The van der Waals surface area contributed by atoms with E-state index in [1.807, 2.05) is 37.3 Å². The van der Waals surface area contributed by atoms with E-state index in [-0.39, 0.29) is 0 Å². The summed E-state index contributed by atoms with van der Waals surface area (Å²) in [4.78, 5) is 4.15. The van der Waals surface area contributed by atoms with Gasteiger partial charge in [0.15, 0.2) is 0 Å². The Hall–Kier alpha value is -2.03. The zero-order valence-electron chi connectivity index (χ0n) is 9.40. The Morgan fingerprint density at radius 2 is 2.00 bits per heavy atom. The lowest BCUT2D eigenvalue weighted by Gasteiger charge is -2.09. The third-order valence-electron chi connectivity index (χ3n) is 2.54. The van der Waals surface area contributed by atoms with Gasteiger partial charge < -0.3 is 10.5 Å². The van der Waals surface area contributed by atoms with Crippen molar-refractivity contribution in [3.8, 4) is 16.9 Å². The molecule has 0 spiro atoms. The van der Waals surface area contributed by atoms with Crippen LogP contribution in [-0.4, -0.2) is 12.1 Å². The van der Waals surface area contributed by atoms with Gasteiger partial charge in [-0.25, -0.2) is 4.98 Å². The molecule has 0 unspecified atom stereocenters. The van der Waals surface area contributed by atoms with Gasteiger partial charge >= 0.3 is 0 Å². The van der Waals surface area contributed by atoms with E-state index in [1.165, 1.54) is 0 Å². The van der Waals surface area contributed by atoms with Gasteiger partial charge in [0, 0.05) is 17.3 Å². The van der Waals surface area contributed by atoms with Crippen LogP contribution in [0.4, 0.5) is 5.82 Å². The molecule has 3 nitrogen and oxygen atoms in total. The number of methoxy groups -OCH3 is 1. The van der Waals surface area contributed by atoms with Gasteiger partial charge in [0.1, 0.15) is 11.6 Å². The van der Waals surface area contributed by atoms with Crippen LogP contribution in [0.15, 0.2) is 36.5 Å². The second-order valence-corrected chi connectivity index (χ2v) is 3.63. The van der Waals surface area contributed by atoms with Crippen LogP contribution in [0.3, 0.4) is 0 Å².